The van der Waals surface area contributed by atoms with Crippen LogP contribution in [-0.2, 0) is 13.6 Å². The fourth-order valence-corrected chi connectivity index (χ4v) is 3.99. The Morgan fingerprint density at radius 1 is 1.24 bits per heavy atom. The first-order valence-corrected chi connectivity index (χ1v) is 8.64. The lowest BCUT2D eigenvalue weighted by molar-refractivity contribution is 0.0972. The molecule has 0 radical (unpaired) electrons. The molecule has 0 aliphatic carbocycles. The zero-order valence-electron chi connectivity index (χ0n) is 14.3. The van der Waals surface area contributed by atoms with Gasteiger partial charge in [0.25, 0.3) is 5.91 Å². The lowest BCUT2D eigenvalue weighted by atomic mass is 10.1. The molecule has 2 aliphatic heterocycles. The molecule has 6 nitrogen and oxygen atoms in total. The van der Waals surface area contributed by atoms with Crippen LogP contribution in [0.15, 0.2) is 36.5 Å². The summed E-state index contributed by atoms with van der Waals surface area (Å²) in [4.78, 5) is 29.1. The molecule has 0 spiro atoms. The van der Waals surface area contributed by atoms with Crippen molar-refractivity contribution in [3.63, 3.8) is 0 Å². The van der Waals surface area contributed by atoms with E-state index in [1.807, 2.05) is 23.1 Å². The van der Waals surface area contributed by atoms with Gasteiger partial charge in [0.1, 0.15) is 5.69 Å². The fourth-order valence-electron chi connectivity index (χ4n) is 3.99. The van der Waals surface area contributed by atoms with Gasteiger partial charge in [0.05, 0.1) is 5.56 Å². The molecule has 1 aromatic carbocycles. The summed E-state index contributed by atoms with van der Waals surface area (Å²) < 4.78 is 1.68. The van der Waals surface area contributed by atoms with Gasteiger partial charge >= 0.3 is 0 Å². The second kappa shape index (κ2) is 6.04. The van der Waals surface area contributed by atoms with Gasteiger partial charge in [-0.05, 0) is 37.1 Å². The minimum Gasteiger partial charge on any atom is -0.366 e. The number of benzene rings is 1. The predicted octanol–water partition coefficient (Wildman–Crippen LogP) is 1.75. The Bertz CT molecular complexity index is 842. The van der Waals surface area contributed by atoms with Gasteiger partial charge in [0, 0.05) is 38.1 Å². The number of carbonyl (C=O) groups excluding carboxylic acids is 2. The molecule has 1 fully saturated rings. The molecule has 0 saturated carbocycles. The van der Waals surface area contributed by atoms with E-state index < -0.39 is 5.91 Å². The largest absolute Gasteiger partial charge is 0.366 e. The van der Waals surface area contributed by atoms with E-state index in [1.54, 1.807) is 23.9 Å². The van der Waals surface area contributed by atoms with Crippen molar-refractivity contribution >= 4 is 17.5 Å². The topological polar surface area (TPSA) is 71.6 Å². The van der Waals surface area contributed by atoms with Crippen molar-refractivity contribution in [2.75, 3.05) is 18.0 Å². The number of amides is 2. The highest BCUT2D eigenvalue weighted by Gasteiger charge is 2.34. The average molecular weight is 338 g/mol. The van der Waals surface area contributed by atoms with Crippen LogP contribution in [0.4, 0.5) is 5.69 Å². The number of hydrogen-bond acceptors (Lipinski definition) is 3. The Labute approximate surface area is 146 Å². The summed E-state index contributed by atoms with van der Waals surface area (Å²) in [6.07, 6.45) is 3.89. The molecule has 2 aromatic rings. The van der Waals surface area contributed by atoms with E-state index in [4.69, 9.17) is 5.73 Å². The van der Waals surface area contributed by atoms with E-state index in [1.165, 1.54) is 12.0 Å². The maximum atomic E-state index is 13.3. The van der Waals surface area contributed by atoms with Crippen LogP contribution in [0.5, 0.6) is 0 Å². The predicted molar refractivity (Wildman–Crippen MR) is 95.5 cm³/mol. The number of primary amides is 1. The van der Waals surface area contributed by atoms with Gasteiger partial charge in [-0.2, -0.15) is 0 Å². The number of nitrogens with zero attached hydrogens (tertiary/aromatic N) is 3. The first kappa shape index (κ1) is 15.9. The number of hydrogen-bond donors (Lipinski definition) is 1. The number of carbonyl (C=O) groups is 2. The van der Waals surface area contributed by atoms with Crippen molar-refractivity contribution in [3.05, 3.63) is 53.3 Å². The monoisotopic (exact) mass is 338 g/mol. The van der Waals surface area contributed by atoms with Crippen LogP contribution in [0.25, 0.3) is 0 Å². The van der Waals surface area contributed by atoms with Crippen LogP contribution in [0.2, 0.25) is 0 Å². The number of fused-ring (bicyclic) bond motifs is 2. The smallest absolute Gasteiger partial charge is 0.274 e. The van der Waals surface area contributed by atoms with Crippen molar-refractivity contribution in [1.82, 2.24) is 9.47 Å². The van der Waals surface area contributed by atoms with Crippen LogP contribution in [0, 0.1) is 0 Å². The first-order valence-electron chi connectivity index (χ1n) is 8.64. The van der Waals surface area contributed by atoms with E-state index in [0.717, 1.165) is 25.2 Å². The Balaban J connectivity index is 1.75. The minimum atomic E-state index is -0.520. The van der Waals surface area contributed by atoms with E-state index in [-0.39, 0.29) is 5.91 Å². The van der Waals surface area contributed by atoms with Crippen molar-refractivity contribution in [3.8, 4) is 0 Å². The van der Waals surface area contributed by atoms with Crippen LogP contribution >= 0.6 is 0 Å². The van der Waals surface area contributed by atoms with Crippen molar-refractivity contribution in [1.29, 1.82) is 0 Å². The second-order valence-electron chi connectivity index (χ2n) is 6.90. The Kier molecular flexibility index (Phi) is 3.84. The van der Waals surface area contributed by atoms with E-state index in [9.17, 15) is 9.59 Å². The lowest BCUT2D eigenvalue weighted by Gasteiger charge is -2.26. The third kappa shape index (κ3) is 2.72. The molecule has 3 heterocycles. The Hall–Kier alpha value is -2.60. The third-order valence-corrected chi connectivity index (χ3v) is 5.30. The molecule has 0 bridgehead atoms. The van der Waals surface area contributed by atoms with Crippen LogP contribution in [0.3, 0.4) is 0 Å². The molecule has 6 heteroatoms. The molecule has 1 saturated heterocycles. The summed E-state index contributed by atoms with van der Waals surface area (Å²) in [5.74, 6) is -0.607. The maximum absolute atomic E-state index is 13.3. The van der Waals surface area contributed by atoms with Gasteiger partial charge in [0.2, 0.25) is 5.91 Å². The van der Waals surface area contributed by atoms with Crippen molar-refractivity contribution in [2.24, 2.45) is 12.8 Å². The van der Waals surface area contributed by atoms with Gasteiger partial charge in [-0.3, -0.25) is 14.5 Å². The summed E-state index contributed by atoms with van der Waals surface area (Å²) in [6.45, 7) is 2.63. The normalized spacial score (nSPS) is 20.0. The fraction of sp³-hybridized carbons (Fsp3) is 0.368. The van der Waals surface area contributed by atoms with Crippen LogP contribution < -0.4 is 10.6 Å². The van der Waals surface area contributed by atoms with Crippen molar-refractivity contribution in [2.45, 2.75) is 25.4 Å². The molecule has 25 heavy (non-hydrogen) atoms. The molecule has 2 N–H and O–H groups in total. The zero-order chi connectivity index (χ0) is 17.6. The average Bonchev–Trinajstić information content (AvgIpc) is 3.16. The zero-order valence-corrected chi connectivity index (χ0v) is 14.3. The number of rotatable bonds is 2. The number of aryl methyl sites for hydroxylation is 1. The molecule has 130 valence electrons. The molecular weight excluding hydrogens is 316 g/mol. The molecule has 4 rings (SSSR count). The second-order valence-corrected chi connectivity index (χ2v) is 6.90. The molecule has 1 atom stereocenters. The molecular formula is C19H22N4O2. The SMILES string of the molecule is Cn1cc(C(N)=O)cc1C(=O)N1C[C@H]2CCCN2Cc2ccccc21. The standard InChI is InChI=1S/C19H22N4O2/c1-21-10-14(18(20)24)9-17(21)19(25)23-12-15-6-4-8-22(15)11-13-5-2-3-7-16(13)23/h2-3,5,7,9-10,15H,4,6,8,11-12H2,1H3,(H2,20,24)/t15-/m1/s1. The molecule has 2 aliphatic rings. The number of anilines is 1. The Morgan fingerprint density at radius 2 is 2.04 bits per heavy atom. The highest BCUT2D eigenvalue weighted by atomic mass is 16.2. The number of nitrogens with two attached hydrogens (primary N) is 1. The highest BCUT2D eigenvalue weighted by molar-refractivity contribution is 6.07. The number of para-hydroxylation sites is 1. The molecule has 1 aromatic heterocycles. The lowest BCUT2D eigenvalue weighted by Crippen LogP contribution is -2.41. The number of aromatic nitrogens is 1. The summed E-state index contributed by atoms with van der Waals surface area (Å²) in [7, 11) is 1.77. The summed E-state index contributed by atoms with van der Waals surface area (Å²) >= 11 is 0. The summed E-state index contributed by atoms with van der Waals surface area (Å²) in [5, 5.41) is 0. The summed E-state index contributed by atoms with van der Waals surface area (Å²) in [5.41, 5.74) is 8.33. The van der Waals surface area contributed by atoms with Crippen molar-refractivity contribution < 1.29 is 9.59 Å². The van der Waals surface area contributed by atoms with Crippen LogP contribution in [-0.4, -0.2) is 40.4 Å². The molecule has 2 amide bonds. The molecule has 0 unspecified atom stereocenters. The minimum absolute atomic E-state index is 0.0869. The maximum Gasteiger partial charge on any atom is 0.274 e. The van der Waals surface area contributed by atoms with Gasteiger partial charge in [-0.25, -0.2) is 0 Å². The van der Waals surface area contributed by atoms with Gasteiger partial charge in [-0.1, -0.05) is 18.2 Å². The summed E-state index contributed by atoms with van der Waals surface area (Å²) in [6, 6.07) is 10.1. The third-order valence-electron chi connectivity index (χ3n) is 5.30. The Morgan fingerprint density at radius 3 is 2.80 bits per heavy atom. The van der Waals surface area contributed by atoms with Gasteiger partial charge in [0.15, 0.2) is 0 Å². The van der Waals surface area contributed by atoms with E-state index in [2.05, 4.69) is 11.0 Å². The van der Waals surface area contributed by atoms with Gasteiger partial charge in [-0.15, -0.1) is 0 Å². The van der Waals surface area contributed by atoms with E-state index >= 15 is 0 Å². The van der Waals surface area contributed by atoms with E-state index in [0.29, 0.717) is 23.8 Å². The van der Waals surface area contributed by atoms with Crippen LogP contribution in [0.1, 0.15) is 39.3 Å². The van der Waals surface area contributed by atoms with Gasteiger partial charge < -0.3 is 15.2 Å². The first-order chi connectivity index (χ1) is 12.0. The highest BCUT2D eigenvalue weighted by Crippen LogP contribution is 2.32. The quantitative estimate of drug-likeness (QED) is 0.907.